The van der Waals surface area contributed by atoms with E-state index >= 15 is 0 Å². The van der Waals surface area contributed by atoms with Crippen LogP contribution in [0, 0.1) is 0 Å². The zero-order valence-electron chi connectivity index (χ0n) is 18.7. The lowest BCUT2D eigenvalue weighted by molar-refractivity contribution is 0.159. The largest absolute Gasteiger partial charge is 0.496 e. The zero-order chi connectivity index (χ0) is 22.1. The normalized spacial score (nSPS) is 12.4. The molecule has 31 heavy (non-hydrogen) atoms. The van der Waals surface area contributed by atoms with Gasteiger partial charge in [0.25, 0.3) is 0 Å². The number of ether oxygens (including phenoxy) is 2. The van der Waals surface area contributed by atoms with Crippen molar-refractivity contribution in [3.05, 3.63) is 95.6 Å². The Hall–Kier alpha value is -2.82. The van der Waals surface area contributed by atoms with Crippen LogP contribution in [0.4, 0.5) is 0 Å². The Kier molecular flexibility index (Phi) is 8.10. The molecule has 0 aliphatic carbocycles. The molecule has 0 aliphatic heterocycles. The second kappa shape index (κ2) is 11.0. The van der Waals surface area contributed by atoms with Crippen molar-refractivity contribution < 1.29 is 14.6 Å². The lowest BCUT2D eigenvalue weighted by Gasteiger charge is -2.28. The van der Waals surface area contributed by atoms with Gasteiger partial charge in [0.2, 0.25) is 0 Å². The number of aliphatic hydroxyl groups is 1. The maximum atomic E-state index is 10.6. The molecule has 0 saturated heterocycles. The summed E-state index contributed by atoms with van der Waals surface area (Å²) in [6.45, 7) is 5.35. The first-order chi connectivity index (χ1) is 15.0. The lowest BCUT2D eigenvalue weighted by Crippen LogP contribution is -2.42. The molecule has 0 radical (unpaired) electrons. The molecule has 3 rings (SSSR count). The summed E-state index contributed by atoms with van der Waals surface area (Å²) >= 11 is 0. The lowest BCUT2D eigenvalue weighted by atomic mass is 9.94. The fourth-order valence-corrected chi connectivity index (χ4v) is 3.46. The van der Waals surface area contributed by atoms with Crippen molar-refractivity contribution in [2.45, 2.75) is 44.9 Å². The summed E-state index contributed by atoms with van der Waals surface area (Å²) in [6, 6.07) is 25.9. The highest BCUT2D eigenvalue weighted by Crippen LogP contribution is 2.23. The molecule has 0 amide bonds. The minimum Gasteiger partial charge on any atom is -0.496 e. The van der Waals surface area contributed by atoms with E-state index in [-0.39, 0.29) is 5.54 Å². The number of para-hydroxylation sites is 1. The van der Waals surface area contributed by atoms with Crippen molar-refractivity contribution in [2.75, 3.05) is 13.7 Å². The van der Waals surface area contributed by atoms with E-state index in [0.717, 1.165) is 35.5 Å². The van der Waals surface area contributed by atoms with E-state index in [2.05, 4.69) is 25.2 Å². The Morgan fingerprint density at radius 3 is 2.29 bits per heavy atom. The van der Waals surface area contributed by atoms with Crippen molar-refractivity contribution in [3.8, 4) is 11.5 Å². The van der Waals surface area contributed by atoms with Gasteiger partial charge in [-0.2, -0.15) is 0 Å². The molecular weight excluding hydrogens is 386 g/mol. The van der Waals surface area contributed by atoms with Gasteiger partial charge in [0.05, 0.1) is 13.2 Å². The smallest absolute Gasteiger partial charge is 0.122 e. The summed E-state index contributed by atoms with van der Waals surface area (Å²) in [5.41, 5.74) is 3.10. The van der Waals surface area contributed by atoms with E-state index in [0.29, 0.717) is 13.2 Å². The van der Waals surface area contributed by atoms with Gasteiger partial charge in [0, 0.05) is 12.1 Å². The highest BCUT2D eigenvalue weighted by atomic mass is 16.5. The van der Waals surface area contributed by atoms with Gasteiger partial charge in [-0.05, 0) is 61.6 Å². The third-order valence-electron chi connectivity index (χ3n) is 5.50. The van der Waals surface area contributed by atoms with Crippen molar-refractivity contribution in [3.63, 3.8) is 0 Å². The first-order valence-corrected chi connectivity index (χ1v) is 10.8. The second-order valence-corrected chi connectivity index (χ2v) is 8.44. The first-order valence-electron chi connectivity index (χ1n) is 10.8. The van der Waals surface area contributed by atoms with E-state index in [4.69, 9.17) is 9.47 Å². The van der Waals surface area contributed by atoms with Crippen LogP contribution < -0.4 is 14.8 Å². The average Bonchev–Trinajstić information content (AvgIpc) is 2.81. The number of methoxy groups -OCH3 is 1. The molecule has 1 atom stereocenters. The third kappa shape index (κ3) is 7.12. The minimum atomic E-state index is -0.575. The predicted molar refractivity (Wildman–Crippen MR) is 126 cm³/mol. The number of β-amino-alcohol motifs (C(OH)–C–C–N with tert-alkyl or cyclic N) is 1. The molecule has 0 heterocycles. The van der Waals surface area contributed by atoms with E-state index in [1.807, 2.05) is 72.8 Å². The average molecular weight is 420 g/mol. The van der Waals surface area contributed by atoms with Crippen LogP contribution in [0.15, 0.2) is 78.9 Å². The summed E-state index contributed by atoms with van der Waals surface area (Å²) < 4.78 is 11.3. The highest BCUT2D eigenvalue weighted by Gasteiger charge is 2.20. The Bertz CT molecular complexity index is 923. The van der Waals surface area contributed by atoms with E-state index in [9.17, 15) is 5.11 Å². The van der Waals surface area contributed by atoms with Gasteiger partial charge < -0.3 is 19.9 Å². The second-order valence-electron chi connectivity index (χ2n) is 8.44. The van der Waals surface area contributed by atoms with Crippen LogP contribution in [0.2, 0.25) is 0 Å². The predicted octanol–water partition coefficient (Wildman–Crippen LogP) is 5.31. The van der Waals surface area contributed by atoms with Crippen molar-refractivity contribution in [1.29, 1.82) is 0 Å². The zero-order valence-corrected chi connectivity index (χ0v) is 18.7. The Labute approximate surface area is 185 Å². The van der Waals surface area contributed by atoms with Gasteiger partial charge in [0.15, 0.2) is 0 Å². The topological polar surface area (TPSA) is 50.7 Å². The van der Waals surface area contributed by atoms with Crippen LogP contribution >= 0.6 is 0 Å². The molecule has 0 fully saturated rings. The van der Waals surface area contributed by atoms with Gasteiger partial charge in [-0.3, -0.25) is 0 Å². The standard InChI is InChI=1S/C27H33NO3/c1-27(2,18-17-23-11-7-8-12-26(23)30-3)28-19-25(29)22-13-15-24(16-14-22)31-20-21-9-5-4-6-10-21/h4-16,25,28-29H,17-20H2,1-3H3. The van der Waals surface area contributed by atoms with Crippen molar-refractivity contribution in [2.24, 2.45) is 0 Å². The van der Waals surface area contributed by atoms with Gasteiger partial charge in [0.1, 0.15) is 18.1 Å². The Balaban J connectivity index is 1.47. The maximum absolute atomic E-state index is 10.6. The maximum Gasteiger partial charge on any atom is 0.122 e. The molecule has 1 unspecified atom stereocenters. The van der Waals surface area contributed by atoms with E-state index in [1.54, 1.807) is 7.11 Å². The number of aliphatic hydroxyl groups excluding tert-OH is 1. The van der Waals surface area contributed by atoms with Gasteiger partial charge in [-0.1, -0.05) is 60.7 Å². The minimum absolute atomic E-state index is 0.111. The van der Waals surface area contributed by atoms with Gasteiger partial charge >= 0.3 is 0 Å². The quantitative estimate of drug-likeness (QED) is 0.442. The number of rotatable bonds is 11. The molecule has 0 aliphatic rings. The third-order valence-corrected chi connectivity index (χ3v) is 5.50. The van der Waals surface area contributed by atoms with Crippen LogP contribution in [0.1, 0.15) is 43.1 Å². The molecule has 2 N–H and O–H groups in total. The van der Waals surface area contributed by atoms with E-state index in [1.165, 1.54) is 5.56 Å². The summed E-state index contributed by atoms with van der Waals surface area (Å²) in [6.07, 6.45) is 1.27. The number of hydrogen-bond donors (Lipinski definition) is 2. The van der Waals surface area contributed by atoms with Crippen LogP contribution in [-0.2, 0) is 13.0 Å². The van der Waals surface area contributed by atoms with Gasteiger partial charge in [-0.15, -0.1) is 0 Å². The van der Waals surface area contributed by atoms with Crippen LogP contribution in [-0.4, -0.2) is 24.3 Å². The molecule has 4 heteroatoms. The summed E-state index contributed by atoms with van der Waals surface area (Å²) in [5.74, 6) is 1.72. The number of nitrogens with one attached hydrogen (secondary N) is 1. The fraction of sp³-hybridized carbons (Fsp3) is 0.333. The van der Waals surface area contributed by atoms with Crippen molar-refractivity contribution >= 4 is 0 Å². The van der Waals surface area contributed by atoms with Crippen molar-refractivity contribution in [1.82, 2.24) is 5.32 Å². The highest BCUT2D eigenvalue weighted by molar-refractivity contribution is 5.33. The summed E-state index contributed by atoms with van der Waals surface area (Å²) in [7, 11) is 1.70. The Morgan fingerprint density at radius 1 is 0.903 bits per heavy atom. The Morgan fingerprint density at radius 2 is 1.58 bits per heavy atom. The molecule has 164 valence electrons. The van der Waals surface area contributed by atoms with E-state index < -0.39 is 6.10 Å². The van der Waals surface area contributed by atoms with Crippen LogP contribution in [0.25, 0.3) is 0 Å². The first kappa shape index (κ1) is 22.9. The molecule has 4 nitrogen and oxygen atoms in total. The van der Waals surface area contributed by atoms with Gasteiger partial charge in [-0.25, -0.2) is 0 Å². The molecule has 0 saturated carbocycles. The SMILES string of the molecule is COc1ccccc1CCC(C)(C)NCC(O)c1ccc(OCc2ccccc2)cc1. The fourth-order valence-electron chi connectivity index (χ4n) is 3.46. The van der Waals surface area contributed by atoms with Crippen LogP contribution in [0.3, 0.4) is 0 Å². The van der Waals surface area contributed by atoms with Crippen LogP contribution in [0.5, 0.6) is 11.5 Å². The molecule has 0 bridgehead atoms. The molecule has 3 aromatic rings. The number of aryl methyl sites for hydroxylation is 1. The molecular formula is C27H33NO3. The summed E-state index contributed by atoms with van der Waals surface area (Å²) in [5, 5.41) is 14.1. The molecule has 0 spiro atoms. The monoisotopic (exact) mass is 419 g/mol. The number of hydrogen-bond acceptors (Lipinski definition) is 4. The summed E-state index contributed by atoms with van der Waals surface area (Å²) in [4.78, 5) is 0. The molecule has 3 aromatic carbocycles. The number of benzene rings is 3. The molecule has 0 aromatic heterocycles.